The van der Waals surface area contributed by atoms with Crippen molar-refractivity contribution in [1.29, 1.82) is 0 Å². The van der Waals surface area contributed by atoms with E-state index in [2.05, 4.69) is 44.2 Å². The molecular formula is C26H40FN9O2. The smallest absolute Gasteiger partial charge is 0.321 e. The third kappa shape index (κ3) is 4.68. The number of rotatable bonds is 5. The number of carbonyl (C=O) groups excluding carboxylic acids is 1. The first kappa shape index (κ1) is 26.6. The molecule has 0 aliphatic carbocycles. The molecule has 0 radical (unpaired) electrons. The maximum atomic E-state index is 15.1. The van der Waals surface area contributed by atoms with Crippen molar-refractivity contribution in [1.82, 2.24) is 34.9 Å². The summed E-state index contributed by atoms with van der Waals surface area (Å²) in [5.74, 6) is -0.0656. The molecule has 5 rings (SSSR count). The summed E-state index contributed by atoms with van der Waals surface area (Å²) in [7, 11) is 0. The maximum Gasteiger partial charge on any atom is 0.321 e. The minimum Gasteiger partial charge on any atom is -0.381 e. The lowest BCUT2D eigenvalue weighted by molar-refractivity contribution is 0.00881. The molecule has 2 amide bonds. The van der Waals surface area contributed by atoms with Crippen LogP contribution in [0.1, 0.15) is 58.7 Å². The highest BCUT2D eigenvalue weighted by molar-refractivity contribution is 5.78. The van der Waals surface area contributed by atoms with Crippen LogP contribution in [0, 0.1) is 11.7 Å². The highest BCUT2D eigenvalue weighted by Crippen LogP contribution is 2.43. The van der Waals surface area contributed by atoms with E-state index in [9.17, 15) is 4.79 Å². The number of aromatic amines is 1. The van der Waals surface area contributed by atoms with E-state index in [1.807, 2.05) is 30.6 Å². The number of H-pyrrole nitrogens is 1. The maximum absolute atomic E-state index is 15.1. The average Bonchev–Trinajstić information content (AvgIpc) is 3.42. The quantitative estimate of drug-likeness (QED) is 0.539. The van der Waals surface area contributed by atoms with Gasteiger partial charge in [0, 0.05) is 57.0 Å². The normalized spacial score (nSPS) is 24.1. The summed E-state index contributed by atoms with van der Waals surface area (Å²) in [5, 5.41) is 10.4. The van der Waals surface area contributed by atoms with Crippen molar-refractivity contribution in [3.63, 3.8) is 0 Å². The van der Waals surface area contributed by atoms with E-state index in [0.717, 1.165) is 50.4 Å². The number of amides is 2. The molecule has 2 aromatic heterocycles. The number of nitrogens with zero attached hydrogens (tertiary/aromatic N) is 6. The molecule has 0 aromatic carbocycles. The van der Waals surface area contributed by atoms with Crippen LogP contribution in [0.2, 0.25) is 0 Å². The van der Waals surface area contributed by atoms with Gasteiger partial charge >= 0.3 is 6.03 Å². The number of nitrogens with two attached hydrogens (primary N) is 1. The Morgan fingerprint density at radius 3 is 2.63 bits per heavy atom. The van der Waals surface area contributed by atoms with Gasteiger partial charge in [-0.3, -0.25) is 10.00 Å². The fourth-order valence-electron chi connectivity index (χ4n) is 6.01. The first-order chi connectivity index (χ1) is 18.1. The van der Waals surface area contributed by atoms with Crippen LogP contribution in [-0.2, 0) is 16.8 Å². The second-order valence-corrected chi connectivity index (χ2v) is 11.3. The number of nitrogens with one attached hydrogen (secondary N) is 2. The van der Waals surface area contributed by atoms with E-state index in [4.69, 9.17) is 10.5 Å². The van der Waals surface area contributed by atoms with Crippen molar-refractivity contribution in [3.8, 4) is 11.4 Å². The summed E-state index contributed by atoms with van der Waals surface area (Å²) in [6.07, 6.45) is 2.20. The van der Waals surface area contributed by atoms with E-state index in [0.29, 0.717) is 31.2 Å². The fraction of sp³-hybridized carbons (Fsp3) is 0.692. The molecule has 2 saturated heterocycles. The number of piperazine rings is 1. The number of urea groups is 1. The number of anilines is 2. The Morgan fingerprint density at radius 2 is 1.92 bits per heavy atom. The van der Waals surface area contributed by atoms with Crippen LogP contribution in [0.15, 0.2) is 0 Å². The molecule has 5 heterocycles. The number of carbonyl (C=O) groups is 1. The van der Waals surface area contributed by atoms with E-state index < -0.39 is 11.4 Å². The van der Waals surface area contributed by atoms with Crippen molar-refractivity contribution in [2.45, 2.75) is 71.6 Å². The Labute approximate surface area is 223 Å². The molecule has 2 aromatic rings. The van der Waals surface area contributed by atoms with Gasteiger partial charge in [-0.25, -0.2) is 14.2 Å². The van der Waals surface area contributed by atoms with Crippen molar-refractivity contribution in [2.75, 3.05) is 50.4 Å². The molecule has 0 unspecified atom stereocenters. The number of hydrogen-bond acceptors (Lipinski definition) is 8. The van der Waals surface area contributed by atoms with Gasteiger partial charge in [0.25, 0.3) is 0 Å². The van der Waals surface area contributed by atoms with Gasteiger partial charge in [0.05, 0.1) is 17.8 Å². The first-order valence-corrected chi connectivity index (χ1v) is 13.7. The molecule has 12 heteroatoms. The molecule has 38 heavy (non-hydrogen) atoms. The number of fused-ring (bicyclic) bond motifs is 1. The summed E-state index contributed by atoms with van der Waals surface area (Å²) in [6.45, 7) is 15.3. The summed E-state index contributed by atoms with van der Waals surface area (Å²) in [5.41, 5.74) is 7.11. The monoisotopic (exact) mass is 529 g/mol. The van der Waals surface area contributed by atoms with E-state index in [1.54, 1.807) is 0 Å². The second kappa shape index (κ2) is 10.3. The van der Waals surface area contributed by atoms with Crippen LogP contribution in [0.3, 0.4) is 0 Å². The number of ether oxygens (including phenoxy) is 1. The van der Waals surface area contributed by atoms with Crippen LogP contribution in [0.4, 0.5) is 21.0 Å². The molecule has 0 saturated carbocycles. The summed E-state index contributed by atoms with van der Waals surface area (Å²) >= 11 is 0. The average molecular weight is 530 g/mol. The second-order valence-electron chi connectivity index (χ2n) is 11.3. The summed E-state index contributed by atoms with van der Waals surface area (Å²) in [6, 6.07) is 0.320. The predicted octanol–water partition coefficient (Wildman–Crippen LogP) is 3.01. The van der Waals surface area contributed by atoms with Gasteiger partial charge in [-0.1, -0.05) is 0 Å². The van der Waals surface area contributed by atoms with Gasteiger partial charge in [-0.05, 0) is 53.4 Å². The van der Waals surface area contributed by atoms with Gasteiger partial charge in [-0.2, -0.15) is 10.1 Å². The Balaban J connectivity index is 1.35. The number of aromatic nitrogens is 4. The van der Waals surface area contributed by atoms with Crippen molar-refractivity contribution < 1.29 is 13.9 Å². The Bertz CT molecular complexity index is 1180. The molecule has 2 fully saturated rings. The van der Waals surface area contributed by atoms with Crippen LogP contribution in [0.5, 0.6) is 0 Å². The fourth-order valence-corrected chi connectivity index (χ4v) is 6.01. The van der Waals surface area contributed by atoms with Crippen LogP contribution < -0.4 is 11.1 Å². The molecule has 4 N–H and O–H groups in total. The predicted molar refractivity (Wildman–Crippen MR) is 143 cm³/mol. The molecule has 0 spiro atoms. The minimum absolute atomic E-state index is 0.0216. The zero-order valence-corrected chi connectivity index (χ0v) is 23.1. The lowest BCUT2D eigenvalue weighted by atomic mass is 9.97. The molecule has 208 valence electrons. The molecule has 3 aliphatic rings. The Hall–Kier alpha value is -2.99. The number of hydrogen-bond donors (Lipinski definition) is 3. The Morgan fingerprint density at radius 1 is 1.18 bits per heavy atom. The highest BCUT2D eigenvalue weighted by Gasteiger charge is 2.47. The topological polar surface area (TPSA) is 129 Å². The largest absolute Gasteiger partial charge is 0.381 e. The zero-order chi connectivity index (χ0) is 27.2. The highest BCUT2D eigenvalue weighted by atomic mass is 19.1. The van der Waals surface area contributed by atoms with E-state index in [1.165, 1.54) is 0 Å². The van der Waals surface area contributed by atoms with Gasteiger partial charge in [-0.15, -0.1) is 0 Å². The molecular weight excluding hydrogens is 489 g/mol. The van der Waals surface area contributed by atoms with Gasteiger partial charge in [0.2, 0.25) is 5.95 Å². The summed E-state index contributed by atoms with van der Waals surface area (Å²) in [4.78, 5) is 28.7. The van der Waals surface area contributed by atoms with Gasteiger partial charge in [0.15, 0.2) is 11.6 Å². The van der Waals surface area contributed by atoms with E-state index >= 15 is 4.39 Å². The zero-order valence-electron chi connectivity index (χ0n) is 23.1. The standard InChI is InChI=1S/C26H40FN9O2/c1-6-29-24-30-21(19(27)23(28)31-24)20-18-14-36(26(4,5)22(18)33-32-20)25(37)35-12-15(2)34(11-16(35)3)13-17-7-9-38-10-8-17/h15-17H,6-14H2,1-5H3,(H,32,33)(H3,28,29,30,31)/t15-,16+/m1/s1. The van der Waals surface area contributed by atoms with Crippen molar-refractivity contribution >= 4 is 17.8 Å². The van der Waals surface area contributed by atoms with Gasteiger partial charge < -0.3 is 25.6 Å². The van der Waals surface area contributed by atoms with Crippen molar-refractivity contribution in [2.24, 2.45) is 5.92 Å². The number of nitrogen functional groups attached to an aromatic ring is 1. The van der Waals surface area contributed by atoms with Crippen LogP contribution in [0.25, 0.3) is 11.4 Å². The molecule has 3 aliphatic heterocycles. The summed E-state index contributed by atoms with van der Waals surface area (Å²) < 4.78 is 20.6. The third-order valence-electron chi connectivity index (χ3n) is 8.33. The first-order valence-electron chi connectivity index (χ1n) is 13.7. The SMILES string of the molecule is CCNc1nc(N)c(F)c(-c2n[nH]c3c2CN(C(=O)N2C[C@@H](C)N(CC4CCOCC4)C[C@@H]2C)C3(C)C)n1. The van der Waals surface area contributed by atoms with Gasteiger partial charge in [0.1, 0.15) is 11.4 Å². The molecule has 0 bridgehead atoms. The lowest BCUT2D eigenvalue weighted by Gasteiger charge is -2.47. The number of halogens is 1. The molecule has 2 atom stereocenters. The van der Waals surface area contributed by atoms with E-state index in [-0.39, 0.29) is 35.6 Å². The Kier molecular flexibility index (Phi) is 7.21. The van der Waals surface area contributed by atoms with Crippen LogP contribution in [-0.4, -0.2) is 92.4 Å². The lowest BCUT2D eigenvalue weighted by Crippen LogP contribution is -2.62. The molecule has 11 nitrogen and oxygen atoms in total. The minimum atomic E-state index is -0.716. The van der Waals surface area contributed by atoms with Crippen LogP contribution >= 0.6 is 0 Å². The third-order valence-corrected chi connectivity index (χ3v) is 8.33. The van der Waals surface area contributed by atoms with Crippen molar-refractivity contribution in [3.05, 3.63) is 17.1 Å².